The molecule has 0 radical (unpaired) electrons. The number of benzene rings is 2. The molecule has 0 saturated heterocycles. The first-order chi connectivity index (χ1) is 12.0. The van der Waals surface area contributed by atoms with Gasteiger partial charge in [0.1, 0.15) is 17.2 Å². The Morgan fingerprint density at radius 3 is 2.73 bits per heavy atom. The molecule has 3 rings (SSSR count). The van der Waals surface area contributed by atoms with Gasteiger partial charge in [0.15, 0.2) is 5.96 Å². The number of halogens is 2. The summed E-state index contributed by atoms with van der Waals surface area (Å²) >= 11 is 0. The number of nitrogens with zero attached hydrogens (tertiary/aromatic N) is 1. The highest BCUT2D eigenvalue weighted by Crippen LogP contribution is 2.39. The molecule has 2 aromatic carbocycles. The molecule has 1 heterocycles. The predicted molar refractivity (Wildman–Crippen MR) is 114 cm³/mol. The molecule has 0 aromatic heterocycles. The van der Waals surface area contributed by atoms with Crippen LogP contribution in [0.25, 0.3) is 0 Å². The lowest BCUT2D eigenvalue weighted by molar-refractivity contribution is 0.0694. The maximum atomic E-state index is 13.3. The van der Waals surface area contributed by atoms with Crippen molar-refractivity contribution in [2.75, 3.05) is 7.05 Å². The zero-order valence-corrected chi connectivity index (χ0v) is 17.6. The van der Waals surface area contributed by atoms with Crippen molar-refractivity contribution in [2.45, 2.75) is 38.5 Å². The summed E-state index contributed by atoms with van der Waals surface area (Å²) < 4.78 is 19.4. The summed E-state index contributed by atoms with van der Waals surface area (Å²) in [6, 6.07) is 14.7. The van der Waals surface area contributed by atoms with Gasteiger partial charge in [0.25, 0.3) is 0 Å². The summed E-state index contributed by atoms with van der Waals surface area (Å²) in [5.74, 6) is 1.35. The summed E-state index contributed by atoms with van der Waals surface area (Å²) in [5, 5.41) is 6.72. The number of hydrogen-bond acceptors (Lipinski definition) is 2. The molecule has 0 spiro atoms. The molecule has 0 aliphatic carbocycles. The molecule has 1 atom stereocenters. The molecule has 6 heteroatoms. The summed E-state index contributed by atoms with van der Waals surface area (Å²) in [5.41, 5.74) is 1.74. The molecule has 2 N–H and O–H groups in total. The highest BCUT2D eigenvalue weighted by Gasteiger charge is 2.33. The summed E-state index contributed by atoms with van der Waals surface area (Å²) in [6.45, 7) is 4.67. The van der Waals surface area contributed by atoms with E-state index in [-0.39, 0.29) is 41.4 Å². The molecule has 0 bridgehead atoms. The van der Waals surface area contributed by atoms with E-state index in [0.717, 1.165) is 23.3 Å². The van der Waals surface area contributed by atoms with Crippen molar-refractivity contribution < 1.29 is 9.13 Å². The molecule has 1 unspecified atom stereocenters. The molecule has 4 nitrogen and oxygen atoms in total. The summed E-state index contributed by atoms with van der Waals surface area (Å²) in [6.07, 6.45) is 0.824. The Morgan fingerprint density at radius 1 is 1.23 bits per heavy atom. The lowest BCUT2D eigenvalue weighted by Crippen LogP contribution is -2.45. The minimum absolute atomic E-state index is 0. The SMILES string of the molecule is CN=C(NCc1cccc(F)c1)NC1CC(C)(C)Oc2ccccc21.I. The van der Waals surface area contributed by atoms with Gasteiger partial charge in [0.2, 0.25) is 0 Å². The molecule has 140 valence electrons. The monoisotopic (exact) mass is 469 g/mol. The summed E-state index contributed by atoms with van der Waals surface area (Å²) in [4.78, 5) is 4.30. The molecule has 0 fully saturated rings. The smallest absolute Gasteiger partial charge is 0.191 e. The largest absolute Gasteiger partial charge is 0.487 e. The van der Waals surface area contributed by atoms with Crippen LogP contribution < -0.4 is 15.4 Å². The van der Waals surface area contributed by atoms with Gasteiger partial charge in [-0.1, -0.05) is 30.3 Å². The number of hydrogen-bond donors (Lipinski definition) is 2. The van der Waals surface area contributed by atoms with E-state index in [1.807, 2.05) is 24.3 Å². The molecule has 1 aliphatic rings. The Kier molecular flexibility index (Phi) is 6.86. The molecular weight excluding hydrogens is 444 g/mol. The van der Waals surface area contributed by atoms with Crippen molar-refractivity contribution in [1.29, 1.82) is 0 Å². The quantitative estimate of drug-likeness (QED) is 0.398. The average Bonchev–Trinajstić information content (AvgIpc) is 2.57. The van der Waals surface area contributed by atoms with Crippen molar-refractivity contribution in [3.63, 3.8) is 0 Å². The van der Waals surface area contributed by atoms with E-state index in [4.69, 9.17) is 4.74 Å². The standard InChI is InChI=1S/C20H24FN3O.HI/c1-20(2)12-17(16-9-4-5-10-18(16)25-20)24-19(22-3)23-13-14-7-6-8-15(21)11-14;/h4-11,17H,12-13H2,1-3H3,(H2,22,23,24);1H. The maximum absolute atomic E-state index is 13.3. The third-order valence-corrected chi connectivity index (χ3v) is 4.26. The third-order valence-electron chi connectivity index (χ3n) is 4.26. The molecule has 2 aromatic rings. The Morgan fingerprint density at radius 2 is 2.00 bits per heavy atom. The maximum Gasteiger partial charge on any atom is 0.191 e. The Labute approximate surface area is 171 Å². The second kappa shape index (κ2) is 8.70. The van der Waals surface area contributed by atoms with E-state index < -0.39 is 0 Å². The second-order valence-electron chi connectivity index (χ2n) is 6.86. The highest BCUT2D eigenvalue weighted by molar-refractivity contribution is 14.0. The fourth-order valence-corrected chi connectivity index (χ4v) is 3.12. The summed E-state index contributed by atoms with van der Waals surface area (Å²) in [7, 11) is 1.73. The van der Waals surface area contributed by atoms with Crippen LogP contribution in [0.1, 0.15) is 37.4 Å². The van der Waals surface area contributed by atoms with Crippen LogP contribution in [0.2, 0.25) is 0 Å². The van der Waals surface area contributed by atoms with Gasteiger partial charge in [-0.05, 0) is 37.6 Å². The van der Waals surface area contributed by atoms with Crippen molar-refractivity contribution in [1.82, 2.24) is 10.6 Å². The van der Waals surface area contributed by atoms with Gasteiger partial charge >= 0.3 is 0 Å². The van der Waals surface area contributed by atoms with Gasteiger partial charge in [-0.2, -0.15) is 0 Å². The minimum Gasteiger partial charge on any atom is -0.487 e. The van der Waals surface area contributed by atoms with Crippen LogP contribution >= 0.6 is 24.0 Å². The fourth-order valence-electron chi connectivity index (χ4n) is 3.12. The van der Waals surface area contributed by atoms with E-state index >= 15 is 0 Å². The first-order valence-electron chi connectivity index (χ1n) is 8.46. The molecule has 26 heavy (non-hydrogen) atoms. The molecule has 1 aliphatic heterocycles. The lowest BCUT2D eigenvalue weighted by Gasteiger charge is -2.38. The second-order valence-corrected chi connectivity index (χ2v) is 6.86. The van der Waals surface area contributed by atoms with Crippen molar-refractivity contribution >= 4 is 29.9 Å². The van der Waals surface area contributed by atoms with Crippen LogP contribution in [0, 0.1) is 5.82 Å². The molecule has 0 amide bonds. The van der Waals surface area contributed by atoms with Crippen LogP contribution in [-0.4, -0.2) is 18.6 Å². The van der Waals surface area contributed by atoms with Gasteiger partial charge in [-0.15, -0.1) is 24.0 Å². The zero-order valence-electron chi connectivity index (χ0n) is 15.3. The highest BCUT2D eigenvalue weighted by atomic mass is 127. The van der Waals surface area contributed by atoms with E-state index in [2.05, 4.69) is 35.5 Å². The number of fused-ring (bicyclic) bond motifs is 1. The minimum atomic E-state index is -0.257. The lowest BCUT2D eigenvalue weighted by atomic mass is 9.90. The number of rotatable bonds is 3. The van der Waals surface area contributed by atoms with E-state index in [1.165, 1.54) is 12.1 Å². The number of nitrogens with one attached hydrogen (secondary N) is 2. The van der Waals surface area contributed by atoms with Crippen molar-refractivity contribution in [3.8, 4) is 5.75 Å². The Balaban J connectivity index is 0.00000243. The van der Waals surface area contributed by atoms with Gasteiger partial charge in [0.05, 0.1) is 6.04 Å². The van der Waals surface area contributed by atoms with Gasteiger partial charge in [0, 0.05) is 25.6 Å². The number of ether oxygens (including phenoxy) is 1. The number of aliphatic imine (C=N–C) groups is 1. The van der Waals surface area contributed by atoms with E-state index in [9.17, 15) is 4.39 Å². The first-order valence-corrected chi connectivity index (χ1v) is 8.46. The topological polar surface area (TPSA) is 45.7 Å². The van der Waals surface area contributed by atoms with Crippen LogP contribution in [0.4, 0.5) is 4.39 Å². The van der Waals surface area contributed by atoms with E-state index in [0.29, 0.717) is 12.5 Å². The van der Waals surface area contributed by atoms with Crippen LogP contribution in [0.15, 0.2) is 53.5 Å². The zero-order chi connectivity index (χ0) is 17.9. The van der Waals surface area contributed by atoms with Gasteiger partial charge < -0.3 is 15.4 Å². The molecule has 0 saturated carbocycles. The average molecular weight is 469 g/mol. The Bertz CT molecular complexity index is 779. The van der Waals surface area contributed by atoms with Crippen molar-refractivity contribution in [3.05, 3.63) is 65.5 Å². The Hall–Kier alpha value is -1.83. The van der Waals surface area contributed by atoms with Crippen LogP contribution in [0.5, 0.6) is 5.75 Å². The van der Waals surface area contributed by atoms with E-state index in [1.54, 1.807) is 13.1 Å². The normalized spacial score (nSPS) is 18.2. The fraction of sp³-hybridized carbons (Fsp3) is 0.350. The predicted octanol–water partition coefficient (Wildman–Crippen LogP) is 4.41. The van der Waals surface area contributed by atoms with Crippen molar-refractivity contribution in [2.24, 2.45) is 4.99 Å². The molecular formula is C20H25FIN3O. The van der Waals surface area contributed by atoms with Gasteiger partial charge in [-0.3, -0.25) is 4.99 Å². The first kappa shape index (κ1) is 20.5. The third kappa shape index (κ3) is 5.09. The van der Waals surface area contributed by atoms with Gasteiger partial charge in [-0.25, -0.2) is 4.39 Å². The van der Waals surface area contributed by atoms with Crippen LogP contribution in [0.3, 0.4) is 0 Å². The number of para-hydroxylation sites is 1. The van der Waals surface area contributed by atoms with Crippen LogP contribution in [-0.2, 0) is 6.54 Å². The number of guanidine groups is 1.